The summed E-state index contributed by atoms with van der Waals surface area (Å²) in [6.45, 7) is 0. The fraction of sp³-hybridized carbons (Fsp3) is 0.474. The Hall–Kier alpha value is -2.34. The predicted molar refractivity (Wildman–Crippen MR) is 95.2 cm³/mol. The van der Waals surface area contributed by atoms with Gasteiger partial charge in [-0.3, -0.25) is 4.79 Å². The van der Waals surface area contributed by atoms with Gasteiger partial charge in [0.2, 0.25) is 0 Å². The minimum absolute atomic E-state index is 0.00133. The van der Waals surface area contributed by atoms with Crippen molar-refractivity contribution in [3.8, 4) is 11.4 Å². The lowest BCUT2D eigenvalue weighted by molar-refractivity contribution is 0.0675. The summed E-state index contributed by atoms with van der Waals surface area (Å²) in [5.74, 6) is 0.797. The molecule has 25 heavy (non-hydrogen) atoms. The molecule has 2 aliphatic rings. The van der Waals surface area contributed by atoms with Crippen LogP contribution >= 0.6 is 0 Å². The number of piperidine rings is 1. The summed E-state index contributed by atoms with van der Waals surface area (Å²) in [7, 11) is 3.55. The van der Waals surface area contributed by atoms with Crippen LogP contribution in [0.1, 0.15) is 36.2 Å². The molecule has 0 aliphatic carbocycles. The van der Waals surface area contributed by atoms with E-state index >= 15 is 0 Å². The number of methoxy groups -OCH3 is 1. The summed E-state index contributed by atoms with van der Waals surface area (Å²) in [4.78, 5) is 14.7. The molecular formula is C19H24N4O2. The maximum atomic E-state index is 12.8. The number of hydrogen-bond donors (Lipinski definition) is 1. The van der Waals surface area contributed by atoms with Gasteiger partial charge in [-0.15, -0.1) is 0 Å². The number of fused-ring (bicyclic) bond motifs is 2. The largest absolute Gasteiger partial charge is 0.497 e. The molecule has 4 rings (SSSR count). The fourth-order valence-corrected chi connectivity index (χ4v) is 4.01. The lowest BCUT2D eigenvalue weighted by Crippen LogP contribution is -2.48. The van der Waals surface area contributed by atoms with Crippen molar-refractivity contribution < 1.29 is 9.53 Å². The Morgan fingerprint density at radius 1 is 1.20 bits per heavy atom. The predicted octanol–water partition coefficient (Wildman–Crippen LogP) is 2.24. The Balaban J connectivity index is 1.48. The van der Waals surface area contributed by atoms with Crippen LogP contribution in [0.2, 0.25) is 0 Å². The SMILES string of the molecule is COc1ccc(-n2ccc(C(=O)N(C)C3CC4CCC(C3)N4)n2)cc1. The van der Waals surface area contributed by atoms with Gasteiger partial charge in [0.1, 0.15) is 5.75 Å². The zero-order chi connectivity index (χ0) is 17.4. The smallest absolute Gasteiger partial charge is 0.274 e. The van der Waals surface area contributed by atoms with Gasteiger partial charge in [-0.1, -0.05) is 0 Å². The quantitative estimate of drug-likeness (QED) is 0.927. The van der Waals surface area contributed by atoms with E-state index in [1.54, 1.807) is 17.9 Å². The Morgan fingerprint density at radius 2 is 1.88 bits per heavy atom. The number of benzene rings is 1. The molecule has 2 fully saturated rings. The molecule has 1 aromatic carbocycles. The molecule has 2 atom stereocenters. The van der Waals surface area contributed by atoms with Crippen molar-refractivity contribution in [2.45, 2.75) is 43.8 Å². The molecule has 1 amide bonds. The van der Waals surface area contributed by atoms with Gasteiger partial charge in [0.25, 0.3) is 5.91 Å². The molecule has 2 bridgehead atoms. The van der Waals surface area contributed by atoms with Crippen molar-refractivity contribution in [1.29, 1.82) is 0 Å². The van der Waals surface area contributed by atoms with Gasteiger partial charge in [0.05, 0.1) is 12.8 Å². The lowest BCUT2D eigenvalue weighted by atomic mass is 9.98. The highest BCUT2D eigenvalue weighted by Gasteiger charge is 2.36. The second kappa shape index (κ2) is 6.52. The molecular weight excluding hydrogens is 316 g/mol. The number of ether oxygens (including phenoxy) is 1. The molecule has 2 aliphatic heterocycles. The zero-order valence-corrected chi connectivity index (χ0v) is 14.7. The van der Waals surface area contributed by atoms with Crippen LogP contribution in [-0.4, -0.2) is 52.9 Å². The average Bonchev–Trinajstić information content (AvgIpc) is 3.27. The normalized spacial score (nSPS) is 25.0. The van der Waals surface area contributed by atoms with Crippen molar-refractivity contribution >= 4 is 5.91 Å². The molecule has 6 heteroatoms. The van der Waals surface area contributed by atoms with E-state index in [9.17, 15) is 4.79 Å². The van der Waals surface area contributed by atoms with Crippen LogP contribution in [-0.2, 0) is 0 Å². The summed E-state index contributed by atoms with van der Waals surface area (Å²) >= 11 is 0. The topological polar surface area (TPSA) is 59.4 Å². The van der Waals surface area contributed by atoms with Crippen molar-refractivity contribution in [2.24, 2.45) is 0 Å². The molecule has 0 saturated carbocycles. The Labute approximate surface area is 147 Å². The minimum atomic E-state index is -0.00133. The van der Waals surface area contributed by atoms with Crippen LogP contribution in [0.15, 0.2) is 36.5 Å². The van der Waals surface area contributed by atoms with E-state index in [2.05, 4.69) is 10.4 Å². The summed E-state index contributed by atoms with van der Waals surface area (Å²) in [5, 5.41) is 8.10. The fourth-order valence-electron chi connectivity index (χ4n) is 4.01. The van der Waals surface area contributed by atoms with Gasteiger partial charge >= 0.3 is 0 Å². The van der Waals surface area contributed by atoms with Crippen LogP contribution in [0.5, 0.6) is 5.75 Å². The second-order valence-corrected chi connectivity index (χ2v) is 7.02. The third-order valence-corrected chi connectivity index (χ3v) is 5.46. The molecule has 132 valence electrons. The molecule has 2 aromatic rings. The van der Waals surface area contributed by atoms with E-state index in [4.69, 9.17) is 4.74 Å². The van der Waals surface area contributed by atoms with Gasteiger partial charge in [-0.05, 0) is 56.0 Å². The highest BCUT2D eigenvalue weighted by Crippen LogP contribution is 2.29. The van der Waals surface area contributed by atoms with Gasteiger partial charge < -0.3 is 15.0 Å². The monoisotopic (exact) mass is 340 g/mol. The van der Waals surface area contributed by atoms with Crippen molar-refractivity contribution in [1.82, 2.24) is 20.0 Å². The van der Waals surface area contributed by atoms with Gasteiger partial charge in [0.15, 0.2) is 5.69 Å². The van der Waals surface area contributed by atoms with E-state index in [0.717, 1.165) is 24.3 Å². The van der Waals surface area contributed by atoms with Crippen LogP contribution in [0.3, 0.4) is 0 Å². The van der Waals surface area contributed by atoms with E-state index < -0.39 is 0 Å². The lowest BCUT2D eigenvalue weighted by Gasteiger charge is -2.35. The summed E-state index contributed by atoms with van der Waals surface area (Å²) in [5.41, 5.74) is 1.40. The molecule has 1 N–H and O–H groups in total. The van der Waals surface area contributed by atoms with Crippen molar-refractivity contribution in [2.75, 3.05) is 14.2 Å². The molecule has 0 radical (unpaired) electrons. The number of nitrogens with zero attached hydrogens (tertiary/aromatic N) is 3. The third kappa shape index (κ3) is 3.14. The highest BCUT2D eigenvalue weighted by molar-refractivity contribution is 5.92. The number of nitrogens with one attached hydrogen (secondary N) is 1. The Kier molecular flexibility index (Phi) is 4.21. The van der Waals surface area contributed by atoms with Gasteiger partial charge in [-0.2, -0.15) is 5.10 Å². The average molecular weight is 340 g/mol. The number of amides is 1. The molecule has 2 saturated heterocycles. The Bertz CT molecular complexity index is 743. The zero-order valence-electron chi connectivity index (χ0n) is 14.7. The number of hydrogen-bond acceptors (Lipinski definition) is 4. The first kappa shape index (κ1) is 16.1. The first-order valence-corrected chi connectivity index (χ1v) is 8.87. The standard InChI is InChI=1S/C19H24N4O2/c1-22(16-11-13-3-4-14(12-16)20-13)19(24)18-9-10-23(21-18)15-5-7-17(25-2)8-6-15/h5-10,13-14,16,20H,3-4,11-12H2,1-2H3. The molecule has 0 spiro atoms. The third-order valence-electron chi connectivity index (χ3n) is 5.46. The van der Waals surface area contributed by atoms with E-state index in [1.165, 1.54) is 12.8 Å². The Morgan fingerprint density at radius 3 is 2.52 bits per heavy atom. The molecule has 1 aromatic heterocycles. The molecule has 2 unspecified atom stereocenters. The molecule has 6 nitrogen and oxygen atoms in total. The van der Waals surface area contributed by atoms with Gasteiger partial charge in [0, 0.05) is 31.4 Å². The summed E-state index contributed by atoms with van der Waals surface area (Å²) in [6, 6.07) is 10.8. The van der Waals surface area contributed by atoms with Gasteiger partial charge in [-0.25, -0.2) is 4.68 Å². The van der Waals surface area contributed by atoms with Crippen LogP contribution in [0.4, 0.5) is 0 Å². The van der Waals surface area contributed by atoms with Crippen LogP contribution in [0, 0.1) is 0 Å². The molecule has 3 heterocycles. The number of carbonyl (C=O) groups excluding carboxylic acids is 1. The number of aromatic nitrogens is 2. The first-order valence-electron chi connectivity index (χ1n) is 8.87. The van der Waals surface area contributed by atoms with Crippen LogP contribution < -0.4 is 10.1 Å². The minimum Gasteiger partial charge on any atom is -0.497 e. The van der Waals surface area contributed by atoms with Crippen molar-refractivity contribution in [3.05, 3.63) is 42.2 Å². The van der Waals surface area contributed by atoms with E-state index in [1.807, 2.05) is 42.4 Å². The second-order valence-electron chi connectivity index (χ2n) is 7.02. The number of rotatable bonds is 4. The maximum absolute atomic E-state index is 12.8. The highest BCUT2D eigenvalue weighted by atomic mass is 16.5. The van der Waals surface area contributed by atoms with Crippen molar-refractivity contribution in [3.63, 3.8) is 0 Å². The summed E-state index contributed by atoms with van der Waals surface area (Å²) in [6.07, 6.45) is 6.37. The van der Waals surface area contributed by atoms with E-state index in [-0.39, 0.29) is 5.91 Å². The van der Waals surface area contributed by atoms with Crippen LogP contribution in [0.25, 0.3) is 5.69 Å². The first-order chi connectivity index (χ1) is 12.1. The summed E-state index contributed by atoms with van der Waals surface area (Å²) < 4.78 is 6.90. The van der Waals surface area contributed by atoms with E-state index in [0.29, 0.717) is 23.8 Å². The maximum Gasteiger partial charge on any atom is 0.274 e. The number of carbonyl (C=O) groups is 1.